The number of allylic oxidation sites excluding steroid dienone is 1. The molecule has 2 fully saturated rings. The third-order valence-corrected chi connectivity index (χ3v) is 11.8. The van der Waals surface area contributed by atoms with Crippen LogP contribution >= 0.6 is 11.6 Å². The van der Waals surface area contributed by atoms with Gasteiger partial charge < -0.3 is 14.7 Å². The summed E-state index contributed by atoms with van der Waals surface area (Å²) in [5, 5.41) is 10.7. The van der Waals surface area contributed by atoms with Crippen LogP contribution in [0.5, 0.6) is 5.75 Å². The molecule has 2 aromatic carbocycles. The molecule has 2 aliphatic heterocycles. The van der Waals surface area contributed by atoms with Crippen molar-refractivity contribution in [1.82, 2.24) is 4.72 Å². The first kappa shape index (κ1) is 29.5. The standard InChI is InChI=1S/C33H41ClN2O5S/c34-28-11-9-26-21-41-31-12-10-25-19-30(31)36(16-4-2-5-24(26)18-28)20-27-13-15-33(27,22-37)14-3-1-6-29(17-23-7-8-23)42(39,40)35-32(25)38/h3,9-12,14,18-19,23,27,29,37H,1-2,4-8,13,15-17,20-22H2,(H,35,38)/b14-3-/t27-,29+,33+/m0/s1. The zero-order valence-electron chi connectivity index (χ0n) is 24.1. The van der Waals surface area contributed by atoms with E-state index in [1.807, 2.05) is 18.2 Å². The van der Waals surface area contributed by atoms with E-state index in [-0.39, 0.29) is 17.9 Å². The van der Waals surface area contributed by atoms with Gasteiger partial charge in [0.15, 0.2) is 0 Å². The van der Waals surface area contributed by atoms with Crippen molar-refractivity contribution in [3.8, 4) is 5.75 Å². The number of amides is 1. The van der Waals surface area contributed by atoms with Crippen LogP contribution in [0.15, 0.2) is 48.6 Å². The SMILES string of the molecule is O=C1NS(=O)(=O)[C@@H](CC2CC2)CC/C=C\[C@]2(CO)CC[C@H]2CN2CCCCc3cc(Cl)ccc3COc3ccc1cc32. The molecule has 9 heteroatoms. The first-order valence-electron chi connectivity index (χ1n) is 15.4. The van der Waals surface area contributed by atoms with Gasteiger partial charge in [0.05, 0.1) is 17.5 Å². The van der Waals surface area contributed by atoms with Gasteiger partial charge in [-0.2, -0.15) is 0 Å². The predicted octanol–water partition coefficient (Wildman–Crippen LogP) is 6.03. The minimum atomic E-state index is -3.87. The highest BCUT2D eigenvalue weighted by atomic mass is 35.5. The van der Waals surface area contributed by atoms with Gasteiger partial charge in [0.25, 0.3) is 5.91 Å². The molecule has 2 N–H and O–H groups in total. The largest absolute Gasteiger partial charge is 0.487 e. The highest BCUT2D eigenvalue weighted by Crippen LogP contribution is 2.49. The molecule has 0 spiro atoms. The molecule has 7 nitrogen and oxygen atoms in total. The van der Waals surface area contributed by atoms with Crippen LogP contribution in [0.25, 0.3) is 0 Å². The third-order valence-electron chi connectivity index (χ3n) is 9.82. The number of halogens is 1. The van der Waals surface area contributed by atoms with Crippen LogP contribution in [0.2, 0.25) is 5.02 Å². The van der Waals surface area contributed by atoms with Crippen LogP contribution in [0.4, 0.5) is 5.69 Å². The van der Waals surface area contributed by atoms with Crippen LogP contribution in [-0.2, 0) is 23.1 Å². The van der Waals surface area contributed by atoms with Crippen molar-refractivity contribution in [1.29, 1.82) is 0 Å². The summed E-state index contributed by atoms with van der Waals surface area (Å²) in [6.07, 6.45) is 12.6. The van der Waals surface area contributed by atoms with Gasteiger partial charge in [0.2, 0.25) is 10.0 Å². The number of rotatable bonds is 3. The first-order chi connectivity index (χ1) is 20.3. The Bertz CT molecular complexity index is 1450. The second-order valence-corrected chi connectivity index (χ2v) is 15.1. The Balaban J connectivity index is 1.39. The molecular weight excluding hydrogens is 572 g/mol. The van der Waals surface area contributed by atoms with E-state index in [1.54, 1.807) is 18.2 Å². The third kappa shape index (κ3) is 6.36. The average molecular weight is 613 g/mol. The van der Waals surface area contributed by atoms with E-state index < -0.39 is 21.2 Å². The molecule has 2 heterocycles. The summed E-state index contributed by atoms with van der Waals surface area (Å²) in [6, 6.07) is 11.1. The number of aryl methyl sites for hydroxylation is 1. The van der Waals surface area contributed by atoms with Crippen molar-refractivity contribution in [2.45, 2.75) is 76.1 Å². The van der Waals surface area contributed by atoms with Gasteiger partial charge in [-0.3, -0.25) is 4.79 Å². The van der Waals surface area contributed by atoms with E-state index in [0.29, 0.717) is 54.7 Å². The number of nitrogens with one attached hydrogen (secondary N) is 1. The minimum Gasteiger partial charge on any atom is -0.487 e. The van der Waals surface area contributed by atoms with Crippen LogP contribution in [0.1, 0.15) is 79.3 Å². The van der Waals surface area contributed by atoms with Crippen molar-refractivity contribution in [3.63, 3.8) is 0 Å². The second kappa shape index (κ2) is 12.2. The van der Waals surface area contributed by atoms with Crippen molar-refractivity contribution < 1.29 is 23.1 Å². The second-order valence-electron chi connectivity index (χ2n) is 12.7. The maximum atomic E-state index is 13.5. The molecular formula is C33H41ClN2O5S. The number of nitrogens with zero attached hydrogens (tertiary/aromatic N) is 1. The van der Waals surface area contributed by atoms with Crippen LogP contribution in [-0.4, -0.2) is 44.4 Å². The maximum Gasteiger partial charge on any atom is 0.264 e. The lowest BCUT2D eigenvalue weighted by Crippen LogP contribution is -2.48. The van der Waals surface area contributed by atoms with Crippen molar-refractivity contribution in [3.05, 3.63) is 70.3 Å². The van der Waals surface area contributed by atoms with Crippen molar-refractivity contribution in [2.24, 2.45) is 17.3 Å². The molecule has 42 heavy (non-hydrogen) atoms. The number of carbonyl (C=O) groups is 1. The number of benzene rings is 2. The highest BCUT2D eigenvalue weighted by molar-refractivity contribution is 7.90. The Kier molecular flexibility index (Phi) is 8.58. The Hall–Kier alpha value is -2.55. The van der Waals surface area contributed by atoms with E-state index in [9.17, 15) is 18.3 Å². The van der Waals surface area contributed by atoms with Gasteiger partial charge in [0.1, 0.15) is 12.4 Å². The lowest BCUT2D eigenvalue weighted by atomic mass is 9.60. The number of hydrogen-bond donors (Lipinski definition) is 2. The molecule has 4 aliphatic rings. The Morgan fingerprint density at radius 3 is 2.69 bits per heavy atom. The number of fused-ring (bicyclic) bond motifs is 3. The van der Waals surface area contributed by atoms with Gasteiger partial charge >= 0.3 is 0 Å². The zero-order valence-corrected chi connectivity index (χ0v) is 25.6. The molecule has 2 aromatic rings. The number of anilines is 1. The summed E-state index contributed by atoms with van der Waals surface area (Å²) < 4.78 is 35.8. The van der Waals surface area contributed by atoms with Crippen molar-refractivity contribution >= 4 is 33.2 Å². The fourth-order valence-electron chi connectivity index (χ4n) is 6.81. The number of sulfonamides is 1. The normalized spacial score (nSPS) is 28.7. The molecule has 1 amide bonds. The first-order valence-corrected chi connectivity index (χ1v) is 17.3. The molecule has 6 rings (SSSR count). The fraction of sp³-hybridized carbons (Fsp3) is 0.545. The summed E-state index contributed by atoms with van der Waals surface area (Å²) in [5.41, 5.74) is 3.02. The molecule has 0 unspecified atom stereocenters. The summed E-state index contributed by atoms with van der Waals surface area (Å²) in [5.74, 6) is 0.693. The highest BCUT2D eigenvalue weighted by Gasteiger charge is 2.45. The summed E-state index contributed by atoms with van der Waals surface area (Å²) in [6.45, 7) is 1.89. The van der Waals surface area contributed by atoms with E-state index in [4.69, 9.17) is 16.3 Å². The molecule has 2 saturated carbocycles. The summed E-state index contributed by atoms with van der Waals surface area (Å²) >= 11 is 6.31. The molecule has 3 atom stereocenters. The van der Waals surface area contributed by atoms with E-state index in [2.05, 4.69) is 21.8 Å². The minimum absolute atomic E-state index is 0.0608. The van der Waals surface area contributed by atoms with Gasteiger partial charge in [-0.15, -0.1) is 0 Å². The molecule has 2 bridgehead atoms. The number of ether oxygens (including phenoxy) is 1. The topological polar surface area (TPSA) is 95.9 Å². The quantitative estimate of drug-likeness (QED) is 0.411. The molecule has 0 saturated heterocycles. The fourth-order valence-corrected chi connectivity index (χ4v) is 8.52. The lowest BCUT2D eigenvalue weighted by Gasteiger charge is -2.49. The van der Waals surface area contributed by atoms with E-state index in [0.717, 1.165) is 62.7 Å². The number of carbonyl (C=O) groups excluding carboxylic acids is 1. The maximum absolute atomic E-state index is 13.5. The number of aliphatic hydroxyl groups is 1. The van der Waals surface area contributed by atoms with Gasteiger partial charge in [0, 0.05) is 29.1 Å². The zero-order chi connectivity index (χ0) is 29.3. The van der Waals surface area contributed by atoms with Crippen LogP contribution < -0.4 is 14.4 Å². The molecule has 226 valence electrons. The smallest absolute Gasteiger partial charge is 0.264 e. The average Bonchev–Trinajstić information content (AvgIpc) is 3.78. The van der Waals surface area contributed by atoms with E-state index in [1.165, 1.54) is 5.56 Å². The van der Waals surface area contributed by atoms with Gasteiger partial charge in [-0.25, -0.2) is 13.1 Å². The van der Waals surface area contributed by atoms with Gasteiger partial charge in [-0.1, -0.05) is 42.7 Å². The summed E-state index contributed by atoms with van der Waals surface area (Å²) in [4.78, 5) is 15.7. The molecule has 0 radical (unpaired) electrons. The molecule has 0 aromatic heterocycles. The van der Waals surface area contributed by atoms with Crippen LogP contribution in [0.3, 0.4) is 0 Å². The van der Waals surface area contributed by atoms with Crippen LogP contribution in [0, 0.1) is 17.3 Å². The van der Waals surface area contributed by atoms with Crippen molar-refractivity contribution in [2.75, 3.05) is 24.6 Å². The molecule has 2 aliphatic carbocycles. The Morgan fingerprint density at radius 2 is 1.93 bits per heavy atom. The van der Waals surface area contributed by atoms with E-state index >= 15 is 0 Å². The monoisotopic (exact) mass is 612 g/mol. The lowest BCUT2D eigenvalue weighted by molar-refractivity contribution is 0.0219. The Morgan fingerprint density at radius 1 is 1.07 bits per heavy atom. The van der Waals surface area contributed by atoms with Gasteiger partial charge in [-0.05, 0) is 105 Å². The summed E-state index contributed by atoms with van der Waals surface area (Å²) in [7, 11) is -3.87. The number of aliphatic hydroxyl groups excluding tert-OH is 1. The predicted molar refractivity (Wildman–Crippen MR) is 166 cm³/mol. The Labute approximate surface area is 254 Å². The number of hydrogen-bond acceptors (Lipinski definition) is 6.